The number of anilines is 2. The monoisotopic (exact) mass is 917 g/mol. The van der Waals surface area contributed by atoms with E-state index in [1.807, 2.05) is 60.7 Å². The number of nitrogens with one attached hydrogen (secondary N) is 2. The lowest BCUT2D eigenvalue weighted by Gasteiger charge is -2.43. The fraction of sp³-hybridized carbons (Fsp3) is 0.500. The van der Waals surface area contributed by atoms with Crippen LogP contribution in [0.3, 0.4) is 0 Å². The minimum atomic E-state index is -0.491. The number of hydrogen-bond acceptors (Lipinski definition) is 13. The second-order valence-electron chi connectivity index (χ2n) is 18.5. The molecule has 0 spiro atoms. The van der Waals surface area contributed by atoms with E-state index in [-0.39, 0.29) is 60.4 Å². The summed E-state index contributed by atoms with van der Waals surface area (Å²) in [5.74, 6) is 0.180. The van der Waals surface area contributed by atoms with Gasteiger partial charge in [0, 0.05) is 38.5 Å². The number of nitrogen functional groups attached to an aromatic ring is 2. The van der Waals surface area contributed by atoms with Crippen molar-refractivity contribution in [2.75, 3.05) is 24.6 Å². The van der Waals surface area contributed by atoms with Crippen molar-refractivity contribution in [3.05, 3.63) is 83.4 Å². The zero-order valence-electron chi connectivity index (χ0n) is 38.0. The van der Waals surface area contributed by atoms with Gasteiger partial charge in [-0.3, -0.25) is 24.0 Å². The van der Waals surface area contributed by atoms with Crippen LogP contribution in [0.1, 0.15) is 107 Å². The number of carbonyl (C=O) groups excluding carboxylic acids is 5. The molecule has 0 radical (unpaired) electrons. The van der Waals surface area contributed by atoms with E-state index in [9.17, 15) is 24.0 Å². The van der Waals surface area contributed by atoms with Crippen molar-refractivity contribution in [3.8, 4) is 0 Å². The van der Waals surface area contributed by atoms with Gasteiger partial charge in [0.05, 0.1) is 16.8 Å². The van der Waals surface area contributed by atoms with Crippen LogP contribution in [0, 0.1) is 17.8 Å². The smallest absolute Gasteiger partial charge is 0.306 e. The first-order chi connectivity index (χ1) is 32.5. The maximum Gasteiger partial charge on any atom is 0.306 e. The van der Waals surface area contributed by atoms with Crippen molar-refractivity contribution in [2.45, 2.75) is 128 Å². The van der Waals surface area contributed by atoms with Crippen molar-refractivity contribution < 1.29 is 37.8 Å². The quantitative estimate of drug-likeness (QED) is 0.0770. The standard InChI is InChI=1S/C30H36N4O5.C20H27N5O3/c31-28-24-12-11-21(17-26(24)39-33-28)18-32-29(36)25-15-16-34(25)30(37)23(22-9-5-2-6-10-22)13-14-27(35)38-19-20-7-3-1-4-8-20;21-17(13-4-2-1-3-5-13)20(27)25-9-8-15(25)19(26)23-11-12-6-7-14-16(10-12)28-24-18(14)22/h1,3-4,7-8,11-12,17,22-23,25H,2,5-6,9-10,13-16,18-19H2,(H2,31,33)(H,32,36);6-7,10,13,15,17H,1-5,8-9,11,21H2,(H2,22,24)(H,23,26)/t23-,25+;15-,17+/m10/s1. The Labute approximate surface area is 389 Å². The highest BCUT2D eigenvalue weighted by Gasteiger charge is 2.43. The lowest BCUT2D eigenvalue weighted by molar-refractivity contribution is -0.153. The van der Waals surface area contributed by atoms with Gasteiger partial charge in [-0.25, -0.2) is 0 Å². The van der Waals surface area contributed by atoms with Gasteiger partial charge < -0.3 is 51.4 Å². The van der Waals surface area contributed by atoms with E-state index in [2.05, 4.69) is 20.9 Å². The van der Waals surface area contributed by atoms with E-state index in [0.717, 1.165) is 78.8 Å². The van der Waals surface area contributed by atoms with Gasteiger partial charge in [-0.2, -0.15) is 0 Å². The summed E-state index contributed by atoms with van der Waals surface area (Å²) in [6.45, 7) is 2.05. The molecule has 4 amide bonds. The molecule has 2 saturated carbocycles. The molecule has 0 unspecified atom stereocenters. The molecule has 2 aliphatic heterocycles. The van der Waals surface area contributed by atoms with E-state index < -0.39 is 18.1 Å². The highest BCUT2D eigenvalue weighted by atomic mass is 16.5. The normalized spacial score (nSPS) is 19.6. The Kier molecular flexibility index (Phi) is 15.3. The summed E-state index contributed by atoms with van der Waals surface area (Å²) in [7, 11) is 0. The summed E-state index contributed by atoms with van der Waals surface area (Å²) in [6.07, 6.45) is 12.8. The van der Waals surface area contributed by atoms with Gasteiger partial charge in [-0.1, -0.05) is 91.3 Å². The molecule has 2 saturated heterocycles. The number of fused-ring (bicyclic) bond motifs is 2. The highest BCUT2D eigenvalue weighted by molar-refractivity contribution is 5.92. The van der Waals surface area contributed by atoms with E-state index in [1.54, 1.807) is 15.9 Å². The number of benzene rings is 3. The number of nitrogens with two attached hydrogens (primary N) is 3. The van der Waals surface area contributed by atoms with Gasteiger partial charge in [0.1, 0.15) is 18.7 Å². The zero-order valence-corrected chi connectivity index (χ0v) is 38.0. The summed E-state index contributed by atoms with van der Waals surface area (Å²) in [4.78, 5) is 67.9. The first kappa shape index (κ1) is 47.0. The van der Waals surface area contributed by atoms with Gasteiger partial charge in [0.2, 0.25) is 23.6 Å². The molecule has 2 aromatic heterocycles. The molecule has 3 aromatic carbocycles. The summed E-state index contributed by atoms with van der Waals surface area (Å²) >= 11 is 0. The topological polar surface area (TPSA) is 255 Å². The predicted octanol–water partition coefficient (Wildman–Crippen LogP) is 5.88. The van der Waals surface area contributed by atoms with Crippen LogP contribution in [0.15, 0.2) is 75.8 Å². The molecule has 67 heavy (non-hydrogen) atoms. The number of likely N-dealkylation sites (tertiary alicyclic amines) is 2. The SMILES string of the molecule is Nc1noc2cc(CNC(=O)[C@@H]3CCN3C(=O)[C@H](CCC(=O)OCc3ccccc3)C3CCCCC3)ccc12.Nc1noc2cc(CNC(=O)[C@@H]3CCN3C(=O)[C@H](N)C3CCCCC3)ccc12. The van der Waals surface area contributed by atoms with Crippen molar-refractivity contribution in [1.82, 2.24) is 30.7 Å². The van der Waals surface area contributed by atoms with Gasteiger partial charge in [0.25, 0.3) is 0 Å². The zero-order chi connectivity index (χ0) is 46.9. The molecule has 4 fully saturated rings. The summed E-state index contributed by atoms with van der Waals surface area (Å²) < 4.78 is 15.8. The lowest BCUT2D eigenvalue weighted by atomic mass is 9.76. The van der Waals surface area contributed by atoms with Crippen LogP contribution in [-0.4, -0.2) is 80.9 Å². The molecule has 356 valence electrons. The van der Waals surface area contributed by atoms with Crippen molar-refractivity contribution in [1.29, 1.82) is 0 Å². The summed E-state index contributed by atoms with van der Waals surface area (Å²) in [5.41, 5.74) is 21.6. The average Bonchev–Trinajstić information content (AvgIpc) is 3.89. The van der Waals surface area contributed by atoms with Crippen LogP contribution in [0.5, 0.6) is 0 Å². The molecule has 5 aromatic rings. The lowest BCUT2D eigenvalue weighted by Crippen LogP contribution is -2.62. The fourth-order valence-corrected chi connectivity index (χ4v) is 9.96. The Morgan fingerprint density at radius 2 is 1.15 bits per heavy atom. The first-order valence-corrected chi connectivity index (χ1v) is 23.9. The van der Waals surface area contributed by atoms with Gasteiger partial charge in [0.15, 0.2) is 22.8 Å². The first-order valence-electron chi connectivity index (χ1n) is 23.9. The fourth-order valence-electron chi connectivity index (χ4n) is 9.96. The average molecular weight is 918 g/mol. The molecule has 4 aliphatic rings. The molecule has 17 heteroatoms. The number of hydrogen-bond donors (Lipinski definition) is 5. The minimum Gasteiger partial charge on any atom is -0.461 e. The third kappa shape index (κ3) is 11.4. The Bertz CT molecular complexity index is 2510. The second-order valence-corrected chi connectivity index (χ2v) is 18.5. The molecule has 9 rings (SSSR count). The molecular formula is C50H63N9O8. The summed E-state index contributed by atoms with van der Waals surface area (Å²) in [6, 6.07) is 19.2. The highest BCUT2D eigenvalue weighted by Crippen LogP contribution is 2.36. The Morgan fingerprint density at radius 1 is 0.642 bits per heavy atom. The van der Waals surface area contributed by atoms with Crippen molar-refractivity contribution in [2.24, 2.45) is 23.5 Å². The third-order valence-electron chi connectivity index (χ3n) is 14.2. The number of amides is 4. The molecular weight excluding hydrogens is 855 g/mol. The van der Waals surface area contributed by atoms with Crippen LogP contribution < -0.4 is 27.8 Å². The van der Waals surface area contributed by atoms with E-state index in [4.69, 9.17) is 31.0 Å². The molecule has 4 atom stereocenters. The van der Waals surface area contributed by atoms with Crippen LogP contribution >= 0.6 is 0 Å². The third-order valence-corrected chi connectivity index (χ3v) is 14.2. The van der Waals surface area contributed by atoms with Gasteiger partial charge >= 0.3 is 5.97 Å². The molecule has 2 aliphatic carbocycles. The number of esters is 1. The maximum atomic E-state index is 13.7. The minimum absolute atomic E-state index is 0.0114. The molecule has 17 nitrogen and oxygen atoms in total. The Hall–Kier alpha value is -6.49. The molecule has 0 bridgehead atoms. The summed E-state index contributed by atoms with van der Waals surface area (Å²) in [5, 5.41) is 14.8. The number of rotatable bonds is 15. The van der Waals surface area contributed by atoms with Crippen LogP contribution in [-0.2, 0) is 48.4 Å². The van der Waals surface area contributed by atoms with Crippen LogP contribution in [0.4, 0.5) is 11.6 Å². The Balaban J connectivity index is 0.000000192. The number of nitrogens with zero attached hydrogens (tertiary/aromatic N) is 4. The maximum absolute atomic E-state index is 13.7. The molecule has 4 heterocycles. The Morgan fingerprint density at radius 3 is 1.66 bits per heavy atom. The van der Waals surface area contributed by atoms with Gasteiger partial charge in [-0.15, -0.1) is 0 Å². The van der Waals surface area contributed by atoms with E-state index in [1.165, 1.54) is 12.8 Å². The largest absolute Gasteiger partial charge is 0.461 e. The van der Waals surface area contributed by atoms with E-state index in [0.29, 0.717) is 68.2 Å². The van der Waals surface area contributed by atoms with Crippen LogP contribution in [0.2, 0.25) is 0 Å². The second kappa shape index (κ2) is 21.9. The van der Waals surface area contributed by atoms with E-state index >= 15 is 0 Å². The van der Waals surface area contributed by atoms with Gasteiger partial charge in [-0.05, 0) is 97.7 Å². The number of carbonyl (C=O) groups is 5. The predicted molar refractivity (Wildman–Crippen MR) is 251 cm³/mol. The van der Waals surface area contributed by atoms with Crippen molar-refractivity contribution >= 4 is 63.2 Å². The molecule has 8 N–H and O–H groups in total. The number of ether oxygens (including phenoxy) is 1. The number of aromatic nitrogens is 2. The van der Waals surface area contributed by atoms with Crippen LogP contribution in [0.25, 0.3) is 21.9 Å². The van der Waals surface area contributed by atoms with Crippen molar-refractivity contribution in [3.63, 3.8) is 0 Å².